The van der Waals surface area contributed by atoms with Gasteiger partial charge in [0.15, 0.2) is 0 Å². The number of benzene rings is 1. The zero-order chi connectivity index (χ0) is 17.4. The first kappa shape index (κ1) is 17.6. The number of amides is 1. The summed E-state index contributed by atoms with van der Waals surface area (Å²) in [6.07, 6.45) is -4.18. The third kappa shape index (κ3) is 3.29. The minimum Gasteiger partial charge on any atom is -0.467 e. The second kappa shape index (κ2) is 6.39. The molecule has 1 aliphatic rings. The van der Waals surface area contributed by atoms with Crippen LogP contribution in [0, 0.1) is 0 Å². The topological polar surface area (TPSA) is 46.6 Å². The fourth-order valence-electron chi connectivity index (χ4n) is 2.80. The minimum atomic E-state index is -4.59. The van der Waals surface area contributed by atoms with Gasteiger partial charge < -0.3 is 9.64 Å². The molecule has 0 N–H and O–H groups in total. The summed E-state index contributed by atoms with van der Waals surface area (Å²) in [7, 11) is 1.20. The number of likely N-dealkylation sites (tertiary alicyclic amines) is 1. The number of nitrogens with zero attached hydrogens (tertiary/aromatic N) is 1. The molecule has 126 valence electrons. The Bertz CT molecular complexity index is 633. The highest BCUT2D eigenvalue weighted by atomic mass is 35.5. The molecular weight excluding hydrogens is 335 g/mol. The van der Waals surface area contributed by atoms with Crippen LogP contribution in [0.25, 0.3) is 0 Å². The van der Waals surface area contributed by atoms with Gasteiger partial charge in [-0.25, -0.2) is 4.79 Å². The van der Waals surface area contributed by atoms with E-state index in [0.717, 1.165) is 6.07 Å². The van der Waals surface area contributed by atoms with Crippen LogP contribution in [0.2, 0.25) is 5.02 Å². The molecule has 1 aromatic rings. The number of hydrogen-bond acceptors (Lipinski definition) is 3. The largest absolute Gasteiger partial charge is 0.467 e. The van der Waals surface area contributed by atoms with Crippen molar-refractivity contribution in [2.75, 3.05) is 7.11 Å². The molecule has 4 nitrogen and oxygen atoms in total. The Morgan fingerprint density at radius 2 is 2.09 bits per heavy atom. The maximum Gasteiger partial charge on any atom is 0.417 e. The lowest BCUT2D eigenvalue weighted by Gasteiger charge is -2.30. The normalized spacial score (nSPS) is 19.8. The van der Waals surface area contributed by atoms with Gasteiger partial charge in [0, 0.05) is 6.42 Å². The zero-order valence-electron chi connectivity index (χ0n) is 12.5. The predicted molar refractivity (Wildman–Crippen MR) is 76.8 cm³/mol. The highest BCUT2D eigenvalue weighted by molar-refractivity contribution is 6.32. The van der Waals surface area contributed by atoms with Crippen molar-refractivity contribution in [3.63, 3.8) is 0 Å². The van der Waals surface area contributed by atoms with E-state index in [9.17, 15) is 22.8 Å². The second-order valence-electron chi connectivity index (χ2n) is 5.26. The molecule has 1 aliphatic heterocycles. The number of hydrogen-bond donors (Lipinski definition) is 0. The van der Waals surface area contributed by atoms with E-state index in [1.54, 1.807) is 6.92 Å². The SMILES string of the molecule is COC(=O)C1CCC(=O)N1C(C)c1cccc(C(F)(F)F)c1Cl. The molecule has 0 spiro atoms. The van der Waals surface area contributed by atoms with E-state index < -0.39 is 34.8 Å². The number of carbonyl (C=O) groups excluding carboxylic acids is 2. The number of alkyl halides is 3. The molecule has 1 fully saturated rings. The standard InChI is InChI=1S/C15H15ClF3NO3/c1-8(20-11(14(22)23-2)6-7-12(20)21)9-4-3-5-10(13(9)16)15(17,18)19/h3-5,8,11H,6-7H2,1-2H3. The van der Waals surface area contributed by atoms with E-state index in [0.29, 0.717) is 0 Å². The molecule has 2 atom stereocenters. The van der Waals surface area contributed by atoms with E-state index >= 15 is 0 Å². The summed E-state index contributed by atoms with van der Waals surface area (Å²) in [5.41, 5.74) is -0.824. The fraction of sp³-hybridized carbons (Fsp3) is 0.467. The van der Waals surface area contributed by atoms with Gasteiger partial charge in [0.25, 0.3) is 0 Å². The first-order chi connectivity index (χ1) is 10.7. The summed E-state index contributed by atoms with van der Waals surface area (Å²) in [6, 6.07) is 1.94. The van der Waals surface area contributed by atoms with Gasteiger partial charge in [-0.3, -0.25) is 4.79 Å². The summed E-state index contributed by atoms with van der Waals surface area (Å²) in [5.74, 6) is -0.910. The highest BCUT2D eigenvalue weighted by Crippen LogP contribution is 2.40. The lowest BCUT2D eigenvalue weighted by molar-refractivity contribution is -0.150. The molecule has 0 bridgehead atoms. The summed E-state index contributed by atoms with van der Waals surface area (Å²) in [6.45, 7) is 1.54. The molecule has 23 heavy (non-hydrogen) atoms. The quantitative estimate of drug-likeness (QED) is 0.784. The van der Waals surface area contributed by atoms with Crippen LogP contribution in [0.5, 0.6) is 0 Å². The number of halogens is 4. The summed E-state index contributed by atoms with van der Waals surface area (Å²) < 4.78 is 43.6. The molecule has 0 saturated carbocycles. The number of ether oxygens (including phenoxy) is 1. The van der Waals surface area contributed by atoms with E-state index in [1.165, 1.54) is 24.1 Å². The van der Waals surface area contributed by atoms with Crippen molar-refractivity contribution in [1.29, 1.82) is 0 Å². The first-order valence-electron chi connectivity index (χ1n) is 6.93. The summed E-state index contributed by atoms with van der Waals surface area (Å²) >= 11 is 5.90. The lowest BCUT2D eigenvalue weighted by atomic mass is 10.0. The summed E-state index contributed by atoms with van der Waals surface area (Å²) in [5, 5.41) is -0.462. The third-order valence-corrected chi connectivity index (χ3v) is 4.35. The first-order valence-corrected chi connectivity index (χ1v) is 7.31. The average Bonchev–Trinajstić information content (AvgIpc) is 2.86. The molecule has 2 unspecified atom stereocenters. The number of esters is 1. The van der Waals surface area contributed by atoms with Crippen LogP contribution in [-0.4, -0.2) is 29.9 Å². The number of carbonyl (C=O) groups is 2. The van der Waals surface area contributed by atoms with Crippen molar-refractivity contribution in [3.8, 4) is 0 Å². The van der Waals surface area contributed by atoms with Gasteiger partial charge >= 0.3 is 12.1 Å². The van der Waals surface area contributed by atoms with Gasteiger partial charge in [-0.15, -0.1) is 0 Å². The summed E-state index contributed by atoms with van der Waals surface area (Å²) in [4.78, 5) is 25.1. The molecular formula is C15H15ClF3NO3. The third-order valence-electron chi connectivity index (χ3n) is 3.93. The van der Waals surface area contributed by atoms with Gasteiger partial charge in [0.1, 0.15) is 6.04 Å². The molecule has 1 heterocycles. The second-order valence-corrected chi connectivity index (χ2v) is 5.64. The lowest BCUT2D eigenvalue weighted by Crippen LogP contribution is -2.41. The Kier molecular flexibility index (Phi) is 4.89. The monoisotopic (exact) mass is 349 g/mol. The van der Waals surface area contributed by atoms with Gasteiger partial charge in [0.05, 0.1) is 23.7 Å². The van der Waals surface area contributed by atoms with Gasteiger partial charge in [-0.2, -0.15) is 13.2 Å². The van der Waals surface area contributed by atoms with Crippen molar-refractivity contribution in [2.45, 2.75) is 38.0 Å². The van der Waals surface area contributed by atoms with Crippen LogP contribution in [0.15, 0.2) is 18.2 Å². The van der Waals surface area contributed by atoms with Crippen molar-refractivity contribution < 1.29 is 27.5 Å². The van der Waals surface area contributed by atoms with E-state index in [1.807, 2.05) is 0 Å². The Hall–Kier alpha value is -1.76. The van der Waals surface area contributed by atoms with Crippen molar-refractivity contribution in [3.05, 3.63) is 34.3 Å². The Morgan fingerprint density at radius 1 is 1.43 bits per heavy atom. The van der Waals surface area contributed by atoms with Crippen LogP contribution >= 0.6 is 11.6 Å². The van der Waals surface area contributed by atoms with E-state index in [4.69, 9.17) is 11.6 Å². The van der Waals surface area contributed by atoms with Crippen molar-refractivity contribution in [1.82, 2.24) is 4.90 Å². The van der Waals surface area contributed by atoms with Crippen LogP contribution in [0.3, 0.4) is 0 Å². The zero-order valence-corrected chi connectivity index (χ0v) is 13.2. The van der Waals surface area contributed by atoms with Gasteiger partial charge in [0.2, 0.25) is 5.91 Å². The van der Waals surface area contributed by atoms with E-state index in [-0.39, 0.29) is 24.3 Å². The Balaban J connectivity index is 2.42. The maximum atomic E-state index is 13.0. The molecule has 2 rings (SSSR count). The fourth-order valence-corrected chi connectivity index (χ4v) is 3.19. The molecule has 0 aromatic heterocycles. The Morgan fingerprint density at radius 3 is 2.65 bits per heavy atom. The van der Waals surface area contributed by atoms with Crippen LogP contribution in [0.1, 0.15) is 36.9 Å². The van der Waals surface area contributed by atoms with Crippen LogP contribution in [0.4, 0.5) is 13.2 Å². The maximum absolute atomic E-state index is 13.0. The van der Waals surface area contributed by atoms with Crippen LogP contribution in [-0.2, 0) is 20.5 Å². The average molecular weight is 350 g/mol. The van der Waals surface area contributed by atoms with Crippen molar-refractivity contribution >= 4 is 23.5 Å². The number of rotatable bonds is 3. The molecule has 8 heteroatoms. The van der Waals surface area contributed by atoms with Crippen molar-refractivity contribution in [2.24, 2.45) is 0 Å². The van der Waals surface area contributed by atoms with Crippen LogP contribution < -0.4 is 0 Å². The smallest absolute Gasteiger partial charge is 0.417 e. The molecule has 0 aliphatic carbocycles. The minimum absolute atomic E-state index is 0.140. The van der Waals surface area contributed by atoms with Gasteiger partial charge in [-0.05, 0) is 25.0 Å². The molecule has 1 aromatic carbocycles. The predicted octanol–water partition coefficient (Wildman–Crippen LogP) is 3.58. The Labute approximate surface area is 136 Å². The molecule has 1 amide bonds. The molecule has 1 saturated heterocycles. The molecule has 0 radical (unpaired) electrons. The van der Waals surface area contributed by atoms with Gasteiger partial charge in [-0.1, -0.05) is 23.7 Å². The highest BCUT2D eigenvalue weighted by Gasteiger charge is 2.41. The number of methoxy groups -OCH3 is 1. The van der Waals surface area contributed by atoms with E-state index in [2.05, 4.69) is 4.74 Å².